The van der Waals surface area contributed by atoms with E-state index in [9.17, 15) is 9.59 Å². The molecule has 0 saturated carbocycles. The van der Waals surface area contributed by atoms with E-state index in [0.717, 1.165) is 23.7 Å². The quantitative estimate of drug-likeness (QED) is 0.895. The molecule has 1 aromatic heterocycles. The maximum Gasteiger partial charge on any atom is 0.407 e. The Morgan fingerprint density at radius 3 is 2.64 bits per heavy atom. The van der Waals surface area contributed by atoms with Crippen LogP contribution in [-0.2, 0) is 0 Å². The van der Waals surface area contributed by atoms with E-state index in [4.69, 9.17) is 5.11 Å². The van der Waals surface area contributed by atoms with Gasteiger partial charge in [-0.3, -0.25) is 4.57 Å². The molecule has 0 spiro atoms. The van der Waals surface area contributed by atoms with Gasteiger partial charge in [0, 0.05) is 31.2 Å². The Balaban J connectivity index is 1.56. The van der Waals surface area contributed by atoms with Crippen LogP contribution >= 0.6 is 0 Å². The summed E-state index contributed by atoms with van der Waals surface area (Å²) < 4.78 is 1.61. The summed E-state index contributed by atoms with van der Waals surface area (Å²) in [5, 5.41) is 12.9. The third-order valence-corrected chi connectivity index (χ3v) is 4.25. The van der Waals surface area contributed by atoms with Gasteiger partial charge in [0.25, 0.3) is 0 Å². The minimum atomic E-state index is -0.860. The second-order valence-electron chi connectivity index (χ2n) is 5.64. The number of rotatable bonds is 2. The zero-order valence-corrected chi connectivity index (χ0v) is 12.2. The lowest BCUT2D eigenvalue weighted by Gasteiger charge is -2.29. The Morgan fingerprint density at radius 2 is 1.91 bits per heavy atom. The number of hydrogen-bond acceptors (Lipinski definition) is 2. The van der Waals surface area contributed by atoms with Crippen LogP contribution in [0.15, 0.2) is 36.5 Å². The molecule has 6 nitrogen and oxygen atoms in total. The molecule has 0 radical (unpaired) electrons. The first kappa shape index (κ1) is 14.4. The molecule has 0 atom stereocenters. The SMILES string of the molecule is O=C(O)N1CCC(CNC(=O)n2ccc3ccccc32)CC1. The number of carboxylic acid groups (broad SMARTS) is 1. The number of nitrogens with one attached hydrogen (secondary N) is 1. The lowest BCUT2D eigenvalue weighted by molar-refractivity contribution is 0.124. The van der Waals surface area contributed by atoms with Crippen LogP contribution in [0.4, 0.5) is 9.59 Å². The van der Waals surface area contributed by atoms with Crippen molar-refractivity contribution in [3.8, 4) is 0 Å². The van der Waals surface area contributed by atoms with Crippen molar-refractivity contribution in [1.29, 1.82) is 0 Å². The Bertz CT molecular complexity index is 687. The van der Waals surface area contributed by atoms with Crippen LogP contribution in [0, 0.1) is 5.92 Å². The van der Waals surface area contributed by atoms with Crippen molar-refractivity contribution in [2.75, 3.05) is 19.6 Å². The molecule has 2 N–H and O–H groups in total. The molecule has 1 aliphatic heterocycles. The van der Waals surface area contributed by atoms with Gasteiger partial charge in [0.05, 0.1) is 5.52 Å². The fourth-order valence-corrected chi connectivity index (χ4v) is 2.91. The summed E-state index contributed by atoms with van der Waals surface area (Å²) in [4.78, 5) is 24.6. The topological polar surface area (TPSA) is 74.6 Å². The molecular formula is C16H19N3O3. The lowest BCUT2D eigenvalue weighted by Crippen LogP contribution is -2.41. The first-order valence-electron chi connectivity index (χ1n) is 7.47. The Labute approximate surface area is 128 Å². The van der Waals surface area contributed by atoms with Crippen molar-refractivity contribution in [2.24, 2.45) is 5.92 Å². The highest BCUT2D eigenvalue weighted by molar-refractivity contribution is 5.91. The monoisotopic (exact) mass is 301 g/mol. The molecule has 1 fully saturated rings. The van der Waals surface area contributed by atoms with Gasteiger partial charge in [-0.15, -0.1) is 0 Å². The summed E-state index contributed by atoms with van der Waals surface area (Å²) in [5.74, 6) is 0.335. The molecule has 1 aliphatic rings. The van der Waals surface area contributed by atoms with E-state index in [0.29, 0.717) is 25.6 Å². The number of nitrogens with zero attached hydrogens (tertiary/aromatic N) is 2. The van der Waals surface area contributed by atoms with E-state index in [1.165, 1.54) is 4.90 Å². The summed E-state index contributed by atoms with van der Waals surface area (Å²) in [6, 6.07) is 9.53. The summed E-state index contributed by atoms with van der Waals surface area (Å²) in [7, 11) is 0. The van der Waals surface area contributed by atoms with E-state index < -0.39 is 6.09 Å². The molecule has 0 aliphatic carbocycles. The highest BCUT2D eigenvalue weighted by atomic mass is 16.4. The van der Waals surface area contributed by atoms with Gasteiger partial charge >= 0.3 is 12.1 Å². The molecule has 1 saturated heterocycles. The van der Waals surface area contributed by atoms with Crippen LogP contribution in [-0.4, -0.2) is 46.3 Å². The summed E-state index contributed by atoms with van der Waals surface area (Å²) in [6.45, 7) is 1.67. The highest BCUT2D eigenvalue weighted by Crippen LogP contribution is 2.17. The van der Waals surface area contributed by atoms with E-state index in [2.05, 4.69) is 5.32 Å². The van der Waals surface area contributed by atoms with Crippen LogP contribution in [0.2, 0.25) is 0 Å². The smallest absolute Gasteiger partial charge is 0.407 e. The molecule has 3 rings (SSSR count). The van der Waals surface area contributed by atoms with Gasteiger partial charge in [-0.05, 0) is 30.9 Å². The number of carbonyl (C=O) groups is 2. The van der Waals surface area contributed by atoms with Gasteiger partial charge in [-0.2, -0.15) is 0 Å². The molecule has 2 heterocycles. The van der Waals surface area contributed by atoms with Gasteiger partial charge < -0.3 is 15.3 Å². The second-order valence-corrected chi connectivity index (χ2v) is 5.64. The standard InChI is InChI=1S/C16H19N3O3/c20-15(19-10-7-13-3-1-2-4-14(13)19)17-11-12-5-8-18(9-6-12)16(21)22/h1-4,7,10,12H,5-6,8-9,11H2,(H,17,20)(H,21,22). The normalized spacial score (nSPS) is 15.9. The number of hydrogen-bond donors (Lipinski definition) is 2. The van der Waals surface area contributed by atoms with Crippen molar-refractivity contribution in [3.05, 3.63) is 36.5 Å². The average Bonchev–Trinajstić information content (AvgIpc) is 2.97. The number of benzene rings is 1. The first-order chi connectivity index (χ1) is 10.6. The number of carbonyl (C=O) groups excluding carboxylic acids is 1. The third-order valence-electron chi connectivity index (χ3n) is 4.25. The lowest BCUT2D eigenvalue weighted by atomic mass is 9.97. The molecule has 2 aromatic rings. The zero-order chi connectivity index (χ0) is 15.5. The van der Waals surface area contributed by atoms with Gasteiger partial charge in [-0.1, -0.05) is 18.2 Å². The summed E-state index contributed by atoms with van der Waals surface area (Å²) in [5.41, 5.74) is 0.890. The molecule has 22 heavy (non-hydrogen) atoms. The van der Waals surface area contributed by atoms with Crippen molar-refractivity contribution < 1.29 is 14.7 Å². The van der Waals surface area contributed by atoms with Crippen LogP contribution in [0.1, 0.15) is 12.8 Å². The van der Waals surface area contributed by atoms with Gasteiger partial charge in [0.1, 0.15) is 0 Å². The van der Waals surface area contributed by atoms with E-state index in [1.54, 1.807) is 10.8 Å². The Morgan fingerprint density at radius 1 is 1.18 bits per heavy atom. The second kappa shape index (κ2) is 6.09. The molecule has 2 amide bonds. The molecule has 0 unspecified atom stereocenters. The van der Waals surface area contributed by atoms with Crippen molar-refractivity contribution >= 4 is 23.0 Å². The maximum atomic E-state index is 12.3. The van der Waals surface area contributed by atoms with Crippen molar-refractivity contribution in [2.45, 2.75) is 12.8 Å². The van der Waals surface area contributed by atoms with Gasteiger partial charge in [0.2, 0.25) is 0 Å². The molecule has 6 heteroatoms. The fraction of sp³-hybridized carbons (Fsp3) is 0.375. The fourth-order valence-electron chi connectivity index (χ4n) is 2.91. The van der Waals surface area contributed by atoms with Crippen LogP contribution in [0.5, 0.6) is 0 Å². The van der Waals surface area contributed by atoms with E-state index in [-0.39, 0.29) is 6.03 Å². The molecule has 1 aromatic carbocycles. The average molecular weight is 301 g/mol. The number of piperidine rings is 1. The van der Waals surface area contributed by atoms with Crippen LogP contribution in [0.25, 0.3) is 10.9 Å². The summed E-state index contributed by atoms with van der Waals surface area (Å²) in [6.07, 6.45) is 2.49. The minimum absolute atomic E-state index is 0.137. The van der Waals surface area contributed by atoms with Crippen molar-refractivity contribution in [1.82, 2.24) is 14.8 Å². The Hall–Kier alpha value is -2.50. The number of likely N-dealkylation sites (tertiary alicyclic amines) is 1. The summed E-state index contributed by atoms with van der Waals surface area (Å²) >= 11 is 0. The predicted octanol–water partition coefficient (Wildman–Crippen LogP) is 2.59. The number of amides is 2. The van der Waals surface area contributed by atoms with E-state index in [1.807, 2.05) is 30.3 Å². The first-order valence-corrected chi connectivity index (χ1v) is 7.47. The minimum Gasteiger partial charge on any atom is -0.465 e. The third kappa shape index (κ3) is 2.90. The van der Waals surface area contributed by atoms with E-state index >= 15 is 0 Å². The molecule has 0 bridgehead atoms. The van der Waals surface area contributed by atoms with Gasteiger partial charge in [-0.25, -0.2) is 9.59 Å². The molecular weight excluding hydrogens is 282 g/mol. The number of aromatic nitrogens is 1. The largest absolute Gasteiger partial charge is 0.465 e. The van der Waals surface area contributed by atoms with Crippen LogP contribution < -0.4 is 5.32 Å². The number of para-hydroxylation sites is 1. The highest BCUT2D eigenvalue weighted by Gasteiger charge is 2.22. The predicted molar refractivity (Wildman–Crippen MR) is 83.1 cm³/mol. The Kier molecular flexibility index (Phi) is 4.00. The van der Waals surface area contributed by atoms with Gasteiger partial charge in [0.15, 0.2) is 0 Å². The number of fused-ring (bicyclic) bond motifs is 1. The molecule has 116 valence electrons. The zero-order valence-electron chi connectivity index (χ0n) is 12.2. The maximum absolute atomic E-state index is 12.3. The van der Waals surface area contributed by atoms with Crippen LogP contribution in [0.3, 0.4) is 0 Å². The van der Waals surface area contributed by atoms with Crippen molar-refractivity contribution in [3.63, 3.8) is 0 Å².